The lowest BCUT2D eigenvalue weighted by Crippen LogP contribution is -1.99. The zero-order valence-electron chi connectivity index (χ0n) is 10.1. The van der Waals surface area contributed by atoms with Crippen molar-refractivity contribution in [2.24, 2.45) is 0 Å². The summed E-state index contributed by atoms with van der Waals surface area (Å²) in [5.41, 5.74) is 2.04. The van der Waals surface area contributed by atoms with Crippen LogP contribution < -0.4 is 0 Å². The van der Waals surface area contributed by atoms with Crippen molar-refractivity contribution in [3.63, 3.8) is 0 Å². The van der Waals surface area contributed by atoms with E-state index < -0.39 is 0 Å². The summed E-state index contributed by atoms with van der Waals surface area (Å²) in [7, 11) is 0. The number of hydrogen-bond acceptors (Lipinski definition) is 1. The van der Waals surface area contributed by atoms with Crippen LogP contribution in [-0.2, 0) is 5.88 Å². The van der Waals surface area contributed by atoms with Gasteiger partial charge >= 0.3 is 0 Å². The Kier molecular flexibility index (Phi) is 3.59. The SMILES string of the molecule is Fc1cccc(-n2c(CCl)nc3cc(Cl)c(Cl)cc32)c1. The monoisotopic (exact) mass is 328 g/mol. The van der Waals surface area contributed by atoms with Crippen molar-refractivity contribution in [1.29, 1.82) is 0 Å². The highest BCUT2D eigenvalue weighted by atomic mass is 35.5. The fraction of sp³-hybridized carbons (Fsp3) is 0.0714. The second-order valence-electron chi connectivity index (χ2n) is 4.23. The van der Waals surface area contributed by atoms with Crippen molar-refractivity contribution in [2.75, 3.05) is 0 Å². The minimum Gasteiger partial charge on any atom is -0.295 e. The van der Waals surface area contributed by atoms with E-state index in [1.165, 1.54) is 12.1 Å². The summed E-state index contributed by atoms with van der Waals surface area (Å²) < 4.78 is 15.2. The van der Waals surface area contributed by atoms with E-state index in [2.05, 4.69) is 4.98 Å². The van der Waals surface area contributed by atoms with Gasteiger partial charge in [0.25, 0.3) is 0 Å². The van der Waals surface area contributed by atoms with Gasteiger partial charge in [0.2, 0.25) is 0 Å². The largest absolute Gasteiger partial charge is 0.295 e. The molecule has 0 bridgehead atoms. The molecule has 1 aromatic heterocycles. The van der Waals surface area contributed by atoms with Crippen LogP contribution >= 0.6 is 34.8 Å². The topological polar surface area (TPSA) is 17.8 Å². The number of nitrogens with zero attached hydrogens (tertiary/aromatic N) is 2. The standard InChI is InChI=1S/C14H8Cl3FN2/c15-7-14-19-12-5-10(16)11(17)6-13(12)20(14)9-3-1-2-8(18)4-9/h1-6H,7H2. The van der Waals surface area contributed by atoms with Crippen LogP contribution in [0.4, 0.5) is 4.39 Å². The summed E-state index contributed by atoms with van der Waals surface area (Å²) in [6.07, 6.45) is 0. The summed E-state index contributed by atoms with van der Waals surface area (Å²) in [5, 5.41) is 0.835. The molecule has 0 aliphatic carbocycles. The Morgan fingerprint density at radius 2 is 1.85 bits per heavy atom. The number of halogens is 4. The van der Waals surface area contributed by atoms with Crippen molar-refractivity contribution >= 4 is 45.8 Å². The van der Waals surface area contributed by atoms with Gasteiger partial charge in [-0.2, -0.15) is 0 Å². The van der Waals surface area contributed by atoms with Crippen LogP contribution in [0.2, 0.25) is 10.0 Å². The van der Waals surface area contributed by atoms with E-state index in [1.54, 1.807) is 28.8 Å². The van der Waals surface area contributed by atoms with Crippen molar-refractivity contribution < 1.29 is 4.39 Å². The number of imidazole rings is 1. The molecule has 0 saturated carbocycles. The predicted octanol–water partition coefficient (Wildman–Crippen LogP) is 5.21. The Hall–Kier alpha value is -1.29. The van der Waals surface area contributed by atoms with Gasteiger partial charge in [0.1, 0.15) is 11.6 Å². The molecule has 0 fully saturated rings. The highest BCUT2D eigenvalue weighted by Gasteiger charge is 2.14. The second kappa shape index (κ2) is 5.24. The molecule has 20 heavy (non-hydrogen) atoms. The zero-order valence-corrected chi connectivity index (χ0v) is 12.3. The summed E-state index contributed by atoms with van der Waals surface area (Å²) in [6.45, 7) is 0. The molecule has 102 valence electrons. The Labute approximate surface area is 129 Å². The fourth-order valence-electron chi connectivity index (χ4n) is 2.12. The van der Waals surface area contributed by atoms with Gasteiger partial charge in [0, 0.05) is 0 Å². The Morgan fingerprint density at radius 1 is 1.10 bits per heavy atom. The van der Waals surface area contributed by atoms with Gasteiger partial charge in [-0.25, -0.2) is 9.37 Å². The molecule has 0 spiro atoms. The van der Waals surface area contributed by atoms with Gasteiger partial charge in [0.05, 0.1) is 32.6 Å². The Balaban J connectivity index is 2.35. The number of benzene rings is 2. The second-order valence-corrected chi connectivity index (χ2v) is 5.31. The third-order valence-electron chi connectivity index (χ3n) is 2.95. The molecule has 0 atom stereocenters. The molecule has 0 aliphatic heterocycles. The fourth-order valence-corrected chi connectivity index (χ4v) is 2.61. The Morgan fingerprint density at radius 3 is 2.55 bits per heavy atom. The van der Waals surface area contributed by atoms with E-state index in [0.29, 0.717) is 27.1 Å². The average Bonchev–Trinajstić information content (AvgIpc) is 2.77. The quantitative estimate of drug-likeness (QED) is 0.590. The minimum absolute atomic E-state index is 0.195. The van der Waals surface area contributed by atoms with Gasteiger partial charge < -0.3 is 0 Å². The first-order valence-corrected chi connectivity index (χ1v) is 7.07. The molecule has 6 heteroatoms. The summed E-state index contributed by atoms with van der Waals surface area (Å²) in [5.74, 6) is 0.469. The molecule has 1 heterocycles. The lowest BCUT2D eigenvalue weighted by Gasteiger charge is -2.08. The molecule has 0 aliphatic rings. The van der Waals surface area contributed by atoms with E-state index >= 15 is 0 Å². The molecule has 0 radical (unpaired) electrons. The summed E-state index contributed by atoms with van der Waals surface area (Å²) >= 11 is 18.0. The molecule has 0 amide bonds. The molecule has 3 aromatic rings. The third kappa shape index (κ3) is 2.26. The highest BCUT2D eigenvalue weighted by Crippen LogP contribution is 2.30. The van der Waals surface area contributed by atoms with E-state index in [-0.39, 0.29) is 11.7 Å². The number of hydrogen-bond donors (Lipinski definition) is 0. The van der Waals surface area contributed by atoms with Crippen LogP contribution in [0.5, 0.6) is 0 Å². The Bertz CT molecular complexity index is 798. The van der Waals surface area contributed by atoms with E-state index in [1.807, 2.05) is 0 Å². The van der Waals surface area contributed by atoms with Crippen LogP contribution in [0.15, 0.2) is 36.4 Å². The van der Waals surface area contributed by atoms with Gasteiger partial charge in [-0.1, -0.05) is 29.3 Å². The van der Waals surface area contributed by atoms with Crippen molar-refractivity contribution in [3.05, 3.63) is 58.1 Å². The number of rotatable bonds is 2. The van der Waals surface area contributed by atoms with Crippen LogP contribution in [-0.4, -0.2) is 9.55 Å². The zero-order chi connectivity index (χ0) is 14.3. The molecule has 2 aromatic carbocycles. The van der Waals surface area contributed by atoms with Crippen LogP contribution in [0, 0.1) is 5.82 Å². The summed E-state index contributed by atoms with van der Waals surface area (Å²) in [6, 6.07) is 9.58. The third-order valence-corrected chi connectivity index (χ3v) is 3.91. The molecular formula is C14H8Cl3FN2. The lowest BCUT2D eigenvalue weighted by atomic mass is 10.2. The first kappa shape index (κ1) is 13.7. The molecular weight excluding hydrogens is 322 g/mol. The molecule has 0 unspecified atom stereocenters. The average molecular weight is 330 g/mol. The summed E-state index contributed by atoms with van der Waals surface area (Å²) in [4.78, 5) is 4.40. The van der Waals surface area contributed by atoms with E-state index in [0.717, 1.165) is 5.52 Å². The van der Waals surface area contributed by atoms with Crippen molar-refractivity contribution in [1.82, 2.24) is 9.55 Å². The maximum absolute atomic E-state index is 13.4. The van der Waals surface area contributed by atoms with Gasteiger partial charge in [-0.3, -0.25) is 4.57 Å². The molecule has 3 rings (SSSR count). The maximum atomic E-state index is 13.4. The number of alkyl halides is 1. The van der Waals surface area contributed by atoms with Gasteiger partial charge in [0.15, 0.2) is 0 Å². The molecule has 2 nitrogen and oxygen atoms in total. The number of aromatic nitrogens is 2. The lowest BCUT2D eigenvalue weighted by molar-refractivity contribution is 0.626. The number of fused-ring (bicyclic) bond motifs is 1. The van der Waals surface area contributed by atoms with Crippen LogP contribution in [0.1, 0.15) is 5.82 Å². The van der Waals surface area contributed by atoms with Crippen molar-refractivity contribution in [3.8, 4) is 5.69 Å². The molecule has 0 saturated heterocycles. The minimum atomic E-state index is -0.329. The first-order valence-electron chi connectivity index (χ1n) is 5.78. The van der Waals surface area contributed by atoms with Crippen molar-refractivity contribution in [2.45, 2.75) is 5.88 Å². The van der Waals surface area contributed by atoms with Crippen LogP contribution in [0.25, 0.3) is 16.7 Å². The normalized spacial score (nSPS) is 11.2. The van der Waals surface area contributed by atoms with Gasteiger partial charge in [-0.05, 0) is 30.3 Å². The molecule has 0 N–H and O–H groups in total. The highest BCUT2D eigenvalue weighted by molar-refractivity contribution is 6.42. The smallest absolute Gasteiger partial charge is 0.129 e. The van der Waals surface area contributed by atoms with E-state index in [9.17, 15) is 4.39 Å². The predicted molar refractivity (Wildman–Crippen MR) is 80.6 cm³/mol. The first-order chi connectivity index (χ1) is 9.60. The van der Waals surface area contributed by atoms with E-state index in [4.69, 9.17) is 34.8 Å². The maximum Gasteiger partial charge on any atom is 0.129 e. The van der Waals surface area contributed by atoms with Gasteiger partial charge in [-0.15, -0.1) is 11.6 Å². The van der Waals surface area contributed by atoms with Crippen LogP contribution in [0.3, 0.4) is 0 Å².